The van der Waals surface area contributed by atoms with Crippen molar-refractivity contribution >= 4 is 14.4 Å². The molecule has 0 spiro atoms. The van der Waals surface area contributed by atoms with Crippen molar-refractivity contribution in [1.82, 2.24) is 4.90 Å². The van der Waals surface area contributed by atoms with Gasteiger partial charge in [0.25, 0.3) is 0 Å². The van der Waals surface area contributed by atoms with E-state index >= 15 is 0 Å². The summed E-state index contributed by atoms with van der Waals surface area (Å²) < 4.78 is 12.0. The lowest BCUT2D eigenvalue weighted by Gasteiger charge is -2.43. The average molecular weight is 386 g/mol. The highest BCUT2D eigenvalue weighted by Gasteiger charge is 2.41. The molecule has 0 saturated carbocycles. The molecule has 1 aliphatic heterocycles. The Bertz CT molecular complexity index is 529. The summed E-state index contributed by atoms with van der Waals surface area (Å²) in [5.41, 5.74) is 0.458. The number of nitrogens with zero attached hydrogens (tertiary/aromatic N) is 1. The van der Waals surface area contributed by atoms with Crippen LogP contribution in [0.15, 0.2) is 11.6 Å². The van der Waals surface area contributed by atoms with Crippen molar-refractivity contribution in [1.29, 1.82) is 0 Å². The van der Waals surface area contributed by atoms with Crippen molar-refractivity contribution in [2.45, 2.75) is 91.3 Å². The Hall–Kier alpha value is -0.853. The lowest BCUT2D eigenvalue weighted by Crippen LogP contribution is -2.54. The Balaban J connectivity index is 3.11. The van der Waals surface area contributed by atoms with Crippen molar-refractivity contribution in [3.8, 4) is 0 Å². The third-order valence-electron chi connectivity index (χ3n) is 5.23. The van der Waals surface area contributed by atoms with Crippen molar-refractivity contribution in [3.63, 3.8) is 0 Å². The van der Waals surface area contributed by atoms with Gasteiger partial charge in [0.15, 0.2) is 8.32 Å². The van der Waals surface area contributed by atoms with Gasteiger partial charge in [-0.15, -0.1) is 0 Å². The maximum atomic E-state index is 12.8. The minimum Gasteiger partial charge on any atom is -0.444 e. The quantitative estimate of drug-likeness (QED) is 0.569. The van der Waals surface area contributed by atoms with E-state index in [0.717, 1.165) is 5.57 Å². The van der Waals surface area contributed by atoms with E-state index in [2.05, 4.69) is 47.7 Å². The van der Waals surface area contributed by atoms with Crippen LogP contribution in [0.25, 0.3) is 0 Å². The fourth-order valence-corrected chi connectivity index (χ4v) is 3.69. The van der Waals surface area contributed by atoms with E-state index in [4.69, 9.17) is 9.16 Å². The summed E-state index contributed by atoms with van der Waals surface area (Å²) in [5, 5.41) is 10.4. The average Bonchev–Trinajstić information content (AvgIpc) is 2.41. The Kier molecular flexibility index (Phi) is 7.16. The predicted octanol–water partition coefficient (Wildman–Crippen LogP) is 4.57. The summed E-state index contributed by atoms with van der Waals surface area (Å²) in [7, 11) is -1.95. The number of rotatable bonds is 4. The van der Waals surface area contributed by atoms with E-state index in [1.807, 2.05) is 26.8 Å². The molecule has 26 heavy (non-hydrogen) atoms. The second-order valence-corrected chi connectivity index (χ2v) is 14.9. The molecular weight excluding hydrogens is 346 g/mol. The molecule has 0 bridgehead atoms. The predicted molar refractivity (Wildman–Crippen MR) is 109 cm³/mol. The Morgan fingerprint density at radius 2 is 1.81 bits per heavy atom. The summed E-state index contributed by atoms with van der Waals surface area (Å²) in [5.74, 6) is 0.211. The van der Waals surface area contributed by atoms with Gasteiger partial charge in [-0.05, 0) is 50.4 Å². The van der Waals surface area contributed by atoms with Crippen LogP contribution in [0.2, 0.25) is 18.1 Å². The maximum absolute atomic E-state index is 12.8. The highest BCUT2D eigenvalue weighted by Crippen LogP contribution is 2.37. The van der Waals surface area contributed by atoms with Crippen LogP contribution in [0.3, 0.4) is 0 Å². The molecule has 0 radical (unpaired) electrons. The molecule has 0 aromatic rings. The van der Waals surface area contributed by atoms with Crippen LogP contribution in [0.1, 0.15) is 55.4 Å². The first-order valence-electron chi connectivity index (χ1n) is 9.58. The van der Waals surface area contributed by atoms with Gasteiger partial charge >= 0.3 is 6.09 Å². The zero-order valence-corrected chi connectivity index (χ0v) is 19.3. The van der Waals surface area contributed by atoms with Gasteiger partial charge in [0, 0.05) is 0 Å². The molecule has 6 heteroatoms. The van der Waals surface area contributed by atoms with Crippen molar-refractivity contribution in [3.05, 3.63) is 11.6 Å². The van der Waals surface area contributed by atoms with Gasteiger partial charge in [0.2, 0.25) is 0 Å². The molecule has 1 N–H and O–H groups in total. The lowest BCUT2D eigenvalue weighted by molar-refractivity contribution is 0.00106. The third-order valence-corrected chi connectivity index (χ3v) is 9.73. The standard InChI is InChI=1S/C20H39NO4Si/c1-14(2)16-11-15(22)12-21(18(23)25-19(3,4)5)17(16)13-24-26(9,10)20(6,7)8/h11,14-15,17,22H,12-13H2,1-10H3. The summed E-state index contributed by atoms with van der Waals surface area (Å²) >= 11 is 0. The van der Waals surface area contributed by atoms with Crippen LogP contribution in [-0.2, 0) is 9.16 Å². The number of amides is 1. The molecule has 5 nitrogen and oxygen atoms in total. The highest BCUT2D eigenvalue weighted by molar-refractivity contribution is 6.74. The van der Waals surface area contributed by atoms with E-state index in [9.17, 15) is 9.90 Å². The smallest absolute Gasteiger partial charge is 0.410 e. The number of ether oxygens (including phenoxy) is 1. The Morgan fingerprint density at radius 1 is 1.27 bits per heavy atom. The highest BCUT2D eigenvalue weighted by atomic mass is 28.4. The molecule has 1 heterocycles. The van der Waals surface area contributed by atoms with Gasteiger partial charge in [0.05, 0.1) is 25.3 Å². The summed E-state index contributed by atoms with van der Waals surface area (Å²) in [6.07, 6.45) is 0.807. The summed E-state index contributed by atoms with van der Waals surface area (Å²) in [4.78, 5) is 14.4. The SMILES string of the molecule is CC(C)C1=CC(O)CN(C(=O)OC(C)(C)C)C1CO[Si](C)(C)C(C)(C)C. The first kappa shape index (κ1) is 23.2. The monoisotopic (exact) mass is 385 g/mol. The van der Waals surface area contributed by atoms with Crippen molar-refractivity contribution < 1.29 is 19.1 Å². The zero-order chi connectivity index (χ0) is 20.5. The van der Waals surface area contributed by atoms with Crippen molar-refractivity contribution in [2.75, 3.05) is 13.2 Å². The van der Waals surface area contributed by atoms with Crippen molar-refractivity contribution in [2.24, 2.45) is 5.92 Å². The van der Waals surface area contributed by atoms with Gasteiger partial charge in [-0.3, -0.25) is 4.90 Å². The summed E-state index contributed by atoms with van der Waals surface area (Å²) in [6, 6.07) is -0.206. The molecule has 152 valence electrons. The lowest BCUT2D eigenvalue weighted by atomic mass is 9.90. The van der Waals surface area contributed by atoms with E-state index in [-0.39, 0.29) is 23.5 Å². The van der Waals surface area contributed by atoms with Crippen LogP contribution < -0.4 is 0 Å². The van der Waals surface area contributed by atoms with E-state index in [0.29, 0.717) is 6.61 Å². The number of hydrogen-bond acceptors (Lipinski definition) is 4. The third kappa shape index (κ3) is 6.10. The minimum absolute atomic E-state index is 0.0969. The zero-order valence-electron chi connectivity index (χ0n) is 18.3. The molecular formula is C20H39NO4Si. The van der Waals surface area contributed by atoms with Crippen LogP contribution in [0, 0.1) is 5.92 Å². The largest absolute Gasteiger partial charge is 0.444 e. The maximum Gasteiger partial charge on any atom is 0.410 e. The molecule has 0 aromatic heterocycles. The molecule has 1 aliphatic rings. The van der Waals surface area contributed by atoms with Crippen LogP contribution in [0.4, 0.5) is 4.79 Å². The second kappa shape index (κ2) is 8.03. The Morgan fingerprint density at radius 3 is 2.23 bits per heavy atom. The summed E-state index contributed by atoms with van der Waals surface area (Å²) in [6.45, 7) is 21.4. The van der Waals surface area contributed by atoms with E-state index in [1.54, 1.807) is 4.90 Å². The molecule has 2 unspecified atom stereocenters. The number of hydrogen-bond donors (Lipinski definition) is 1. The van der Waals surface area contributed by atoms with Crippen LogP contribution in [0.5, 0.6) is 0 Å². The normalized spacial score (nSPS) is 22.5. The first-order chi connectivity index (χ1) is 11.5. The van der Waals surface area contributed by atoms with Gasteiger partial charge in [-0.1, -0.05) is 40.7 Å². The molecule has 0 aromatic carbocycles. The number of β-amino-alcohol motifs (C(OH)–C–C–N with tert-alkyl or cyclic N) is 1. The first-order valence-corrected chi connectivity index (χ1v) is 12.5. The topological polar surface area (TPSA) is 59.0 Å². The molecule has 1 amide bonds. The minimum atomic E-state index is -1.95. The molecule has 0 saturated heterocycles. The fraction of sp³-hybridized carbons (Fsp3) is 0.850. The number of carbonyl (C=O) groups is 1. The molecule has 2 atom stereocenters. The number of aliphatic hydroxyl groups is 1. The van der Waals surface area contributed by atoms with E-state index < -0.39 is 26.1 Å². The van der Waals surface area contributed by atoms with Gasteiger partial charge in [-0.2, -0.15) is 0 Å². The van der Waals surface area contributed by atoms with Gasteiger partial charge < -0.3 is 14.3 Å². The second-order valence-electron chi connectivity index (χ2n) is 10.1. The van der Waals surface area contributed by atoms with Gasteiger partial charge in [0.1, 0.15) is 5.60 Å². The Labute approximate surface area is 160 Å². The number of carbonyl (C=O) groups excluding carboxylic acids is 1. The van der Waals surface area contributed by atoms with Crippen LogP contribution in [-0.4, -0.2) is 55.3 Å². The van der Waals surface area contributed by atoms with Gasteiger partial charge in [-0.25, -0.2) is 4.79 Å². The molecule has 0 fully saturated rings. The van der Waals surface area contributed by atoms with Crippen LogP contribution >= 0.6 is 0 Å². The molecule has 0 aliphatic carbocycles. The van der Waals surface area contributed by atoms with E-state index in [1.165, 1.54) is 0 Å². The number of aliphatic hydroxyl groups excluding tert-OH is 1. The molecule has 1 rings (SSSR count). The fourth-order valence-electron chi connectivity index (χ4n) is 2.68.